The van der Waals surface area contributed by atoms with Crippen molar-refractivity contribution in [2.45, 2.75) is 13.1 Å². The van der Waals surface area contributed by atoms with Crippen LogP contribution in [0.25, 0.3) is 11.3 Å². The highest BCUT2D eigenvalue weighted by atomic mass is 19.1. The Hall–Kier alpha value is -3.82. The van der Waals surface area contributed by atoms with E-state index in [-0.39, 0.29) is 36.6 Å². The minimum atomic E-state index is -0.822. The van der Waals surface area contributed by atoms with E-state index in [1.807, 2.05) is 0 Å². The van der Waals surface area contributed by atoms with Crippen molar-refractivity contribution in [3.8, 4) is 11.3 Å². The summed E-state index contributed by atoms with van der Waals surface area (Å²) in [7, 11) is 0. The highest BCUT2D eigenvalue weighted by Gasteiger charge is 2.29. The van der Waals surface area contributed by atoms with Gasteiger partial charge in [0.05, 0.1) is 24.3 Å². The van der Waals surface area contributed by atoms with Gasteiger partial charge in [0.25, 0.3) is 5.91 Å². The average molecular weight is 415 g/mol. The second-order valence-corrected chi connectivity index (χ2v) is 6.78. The Balaban J connectivity index is 1.63. The van der Waals surface area contributed by atoms with Crippen LogP contribution in [0.5, 0.6) is 0 Å². The van der Waals surface area contributed by atoms with Gasteiger partial charge in [-0.3, -0.25) is 9.48 Å². The molecule has 3 aromatic rings. The van der Waals surface area contributed by atoms with Gasteiger partial charge in [0.15, 0.2) is 0 Å². The van der Waals surface area contributed by atoms with Crippen molar-refractivity contribution >= 4 is 17.6 Å². The molecular formula is C20H16F3N5O2. The van der Waals surface area contributed by atoms with Crippen LogP contribution < -0.4 is 11.1 Å². The van der Waals surface area contributed by atoms with Gasteiger partial charge in [-0.1, -0.05) is 12.1 Å². The van der Waals surface area contributed by atoms with Gasteiger partial charge in [-0.05, 0) is 24.3 Å². The Bertz CT molecular complexity index is 1140. The van der Waals surface area contributed by atoms with E-state index in [0.717, 1.165) is 12.1 Å². The van der Waals surface area contributed by atoms with Crippen LogP contribution in [0.15, 0.2) is 42.5 Å². The first-order valence-corrected chi connectivity index (χ1v) is 8.99. The van der Waals surface area contributed by atoms with E-state index in [9.17, 15) is 22.8 Å². The number of nitrogens with zero attached hydrogens (tertiary/aromatic N) is 3. The molecule has 3 N–H and O–H groups in total. The molecule has 0 saturated heterocycles. The van der Waals surface area contributed by atoms with Crippen molar-refractivity contribution in [2.75, 3.05) is 11.9 Å². The normalized spacial score (nSPS) is 13.1. The van der Waals surface area contributed by atoms with E-state index in [1.54, 1.807) is 10.7 Å². The second kappa shape index (κ2) is 7.54. The van der Waals surface area contributed by atoms with E-state index in [4.69, 9.17) is 5.73 Å². The molecule has 0 saturated carbocycles. The Labute approximate surface area is 168 Å². The predicted octanol–water partition coefficient (Wildman–Crippen LogP) is 3.11. The average Bonchev–Trinajstić information content (AvgIpc) is 3.06. The fourth-order valence-corrected chi connectivity index (χ4v) is 3.42. The molecule has 0 bridgehead atoms. The van der Waals surface area contributed by atoms with E-state index >= 15 is 0 Å². The minimum Gasteiger partial charge on any atom is -0.365 e. The van der Waals surface area contributed by atoms with Crippen molar-refractivity contribution < 1.29 is 22.8 Å². The van der Waals surface area contributed by atoms with Crippen molar-refractivity contribution in [1.82, 2.24) is 14.7 Å². The maximum atomic E-state index is 13.6. The number of fused-ring (bicyclic) bond motifs is 1. The topological polar surface area (TPSA) is 93.2 Å². The summed E-state index contributed by atoms with van der Waals surface area (Å²) in [6.45, 7) is 0.485. The van der Waals surface area contributed by atoms with Crippen LogP contribution in [-0.2, 0) is 13.1 Å². The number of hydrogen-bond donors (Lipinski definition) is 2. The summed E-state index contributed by atoms with van der Waals surface area (Å²) in [4.78, 5) is 26.1. The van der Waals surface area contributed by atoms with Crippen LogP contribution in [0, 0.1) is 17.5 Å². The molecule has 0 spiro atoms. The lowest BCUT2D eigenvalue weighted by Gasteiger charge is -2.28. The lowest BCUT2D eigenvalue weighted by atomic mass is 10.0. The fraction of sp³-hybridized carbons (Fsp3) is 0.150. The fourth-order valence-electron chi connectivity index (χ4n) is 3.42. The number of carbonyl (C=O) groups is 2. The lowest BCUT2D eigenvalue weighted by molar-refractivity contribution is 0.0997. The largest absolute Gasteiger partial charge is 0.365 e. The van der Waals surface area contributed by atoms with Crippen molar-refractivity contribution in [1.29, 1.82) is 0 Å². The van der Waals surface area contributed by atoms with Gasteiger partial charge in [-0.15, -0.1) is 0 Å². The summed E-state index contributed by atoms with van der Waals surface area (Å²) in [5.74, 6) is -2.89. The van der Waals surface area contributed by atoms with Crippen LogP contribution >= 0.6 is 0 Å². The molecule has 0 aliphatic carbocycles. The molecule has 10 heteroatoms. The second-order valence-electron chi connectivity index (χ2n) is 6.78. The molecule has 1 aliphatic heterocycles. The minimum absolute atomic E-state index is 0.00970. The molecule has 0 unspecified atom stereocenters. The zero-order valence-corrected chi connectivity index (χ0v) is 15.5. The number of aromatic nitrogens is 2. The van der Waals surface area contributed by atoms with Crippen LogP contribution in [0.3, 0.4) is 0 Å². The van der Waals surface area contributed by atoms with Crippen molar-refractivity contribution in [3.05, 3.63) is 71.2 Å². The molecule has 0 atom stereocenters. The maximum absolute atomic E-state index is 13.6. The number of amides is 3. The van der Waals surface area contributed by atoms with E-state index in [1.165, 1.54) is 23.1 Å². The first-order chi connectivity index (χ1) is 14.3. The third kappa shape index (κ3) is 3.71. The summed E-state index contributed by atoms with van der Waals surface area (Å²) in [6, 6.07) is 7.68. The summed E-state index contributed by atoms with van der Waals surface area (Å²) < 4.78 is 41.9. The zero-order valence-electron chi connectivity index (χ0n) is 15.5. The first kappa shape index (κ1) is 19.5. The van der Waals surface area contributed by atoms with E-state index in [0.29, 0.717) is 17.3 Å². The number of primary amides is 1. The van der Waals surface area contributed by atoms with Gasteiger partial charge in [-0.2, -0.15) is 5.10 Å². The number of carbonyl (C=O) groups excluding carboxylic acids is 2. The monoisotopic (exact) mass is 415 g/mol. The molecule has 30 heavy (non-hydrogen) atoms. The lowest BCUT2D eigenvalue weighted by Crippen LogP contribution is -2.41. The van der Waals surface area contributed by atoms with Crippen LogP contribution in [0.1, 0.15) is 16.1 Å². The third-order valence-electron chi connectivity index (χ3n) is 4.73. The summed E-state index contributed by atoms with van der Waals surface area (Å²) in [5, 5.41) is 6.81. The van der Waals surface area contributed by atoms with Crippen LogP contribution in [0.4, 0.5) is 23.7 Å². The van der Waals surface area contributed by atoms with Crippen LogP contribution in [-0.4, -0.2) is 33.2 Å². The van der Waals surface area contributed by atoms with E-state index in [2.05, 4.69) is 10.4 Å². The molecule has 1 aromatic heterocycles. The smallest absolute Gasteiger partial charge is 0.322 e. The Morgan fingerprint density at radius 1 is 1.00 bits per heavy atom. The number of halogens is 3. The molecule has 4 rings (SSSR count). The molecule has 0 fully saturated rings. The Morgan fingerprint density at radius 2 is 1.73 bits per heavy atom. The molecule has 7 nitrogen and oxygen atoms in total. The number of benzene rings is 2. The molecule has 2 heterocycles. The third-order valence-corrected chi connectivity index (χ3v) is 4.73. The van der Waals surface area contributed by atoms with Crippen molar-refractivity contribution in [2.24, 2.45) is 5.73 Å². The summed E-state index contributed by atoms with van der Waals surface area (Å²) in [5.41, 5.74) is 6.62. The van der Waals surface area contributed by atoms with Gasteiger partial charge in [0.2, 0.25) is 0 Å². The molecule has 1 aliphatic rings. The zero-order chi connectivity index (χ0) is 21.4. The van der Waals surface area contributed by atoms with Gasteiger partial charge < -0.3 is 16.0 Å². The molecular weight excluding hydrogens is 399 g/mol. The molecule has 3 amide bonds. The Morgan fingerprint density at radius 3 is 2.40 bits per heavy atom. The standard InChI is InChI=1S/C20H16F3N5O2/c21-12-3-1-2-11(6-12)18-17(19(24)29)16-10-27(4-5-28(16)26-18)20(30)25-15-8-13(22)7-14(23)9-15/h1-3,6-9H,4-5,10H2,(H2,24,29)(H,25,30). The molecule has 154 valence electrons. The highest BCUT2D eigenvalue weighted by Crippen LogP contribution is 2.29. The quantitative estimate of drug-likeness (QED) is 0.688. The van der Waals surface area contributed by atoms with Crippen LogP contribution in [0.2, 0.25) is 0 Å². The SMILES string of the molecule is NC(=O)c1c(-c2cccc(F)c2)nn2c1CN(C(=O)Nc1cc(F)cc(F)c1)CC2. The Kier molecular flexibility index (Phi) is 4.90. The number of urea groups is 1. The highest BCUT2D eigenvalue weighted by molar-refractivity contribution is 6.00. The number of nitrogens with one attached hydrogen (secondary N) is 1. The molecule has 2 aromatic carbocycles. The first-order valence-electron chi connectivity index (χ1n) is 8.99. The van der Waals surface area contributed by atoms with Crippen molar-refractivity contribution in [3.63, 3.8) is 0 Å². The predicted molar refractivity (Wildman–Crippen MR) is 102 cm³/mol. The summed E-state index contributed by atoms with van der Waals surface area (Å²) >= 11 is 0. The number of anilines is 1. The number of nitrogens with two attached hydrogens (primary N) is 1. The van der Waals surface area contributed by atoms with Gasteiger partial charge in [0, 0.05) is 23.9 Å². The van der Waals surface area contributed by atoms with Gasteiger partial charge in [0.1, 0.15) is 23.1 Å². The molecule has 0 radical (unpaired) electrons. The van der Waals surface area contributed by atoms with Gasteiger partial charge in [-0.25, -0.2) is 18.0 Å². The number of rotatable bonds is 3. The number of hydrogen-bond acceptors (Lipinski definition) is 3. The van der Waals surface area contributed by atoms with Gasteiger partial charge >= 0.3 is 6.03 Å². The maximum Gasteiger partial charge on any atom is 0.322 e. The summed E-state index contributed by atoms with van der Waals surface area (Å²) in [6.07, 6.45) is 0. The van der Waals surface area contributed by atoms with E-state index < -0.39 is 29.4 Å².